The van der Waals surface area contributed by atoms with Crippen molar-refractivity contribution in [3.05, 3.63) is 83.7 Å². The predicted molar refractivity (Wildman–Crippen MR) is 125 cm³/mol. The molecule has 3 aromatic carbocycles. The molecule has 1 aliphatic rings. The largest absolute Gasteiger partial charge is 0.495 e. The molecule has 0 bridgehead atoms. The van der Waals surface area contributed by atoms with Gasteiger partial charge >= 0.3 is 0 Å². The number of hydrogen-bond donors (Lipinski definition) is 0. The highest BCUT2D eigenvalue weighted by molar-refractivity contribution is 8.15. The van der Waals surface area contributed by atoms with Gasteiger partial charge in [0.25, 0.3) is 5.24 Å². The molecule has 6 nitrogen and oxygen atoms in total. The number of halogens is 1. The van der Waals surface area contributed by atoms with Crippen molar-refractivity contribution in [2.24, 2.45) is 0 Å². The Morgan fingerprint density at radius 3 is 2.30 bits per heavy atom. The maximum Gasteiger partial charge on any atom is 0.293 e. The molecule has 1 atom stereocenters. The molecule has 0 saturated carbocycles. The molecular weight excluding hydrogens is 445 g/mol. The normalized spacial score (nSPS) is 15.6. The summed E-state index contributed by atoms with van der Waals surface area (Å²) in [6.45, 7) is 0.259. The number of carbonyl (C=O) groups is 2. The number of ether oxygens (including phenoxy) is 3. The van der Waals surface area contributed by atoms with E-state index in [0.717, 1.165) is 22.9 Å². The Bertz CT molecular complexity index is 1170. The summed E-state index contributed by atoms with van der Waals surface area (Å²) in [7, 11) is 3.03. The highest BCUT2D eigenvalue weighted by Crippen LogP contribution is 2.38. The van der Waals surface area contributed by atoms with Crippen LogP contribution in [0.4, 0.5) is 14.9 Å². The molecule has 1 saturated heterocycles. The number of carbonyl (C=O) groups excluding carboxylic acids is 2. The number of anilines is 1. The Morgan fingerprint density at radius 2 is 1.58 bits per heavy atom. The topological polar surface area (TPSA) is 65.1 Å². The summed E-state index contributed by atoms with van der Waals surface area (Å²) in [5.74, 6) is 0.915. The van der Waals surface area contributed by atoms with Gasteiger partial charge in [-0.1, -0.05) is 42.1 Å². The zero-order valence-corrected chi connectivity index (χ0v) is 18.9. The van der Waals surface area contributed by atoms with E-state index in [2.05, 4.69) is 0 Å². The molecule has 0 spiro atoms. The Kier molecular flexibility index (Phi) is 6.84. The van der Waals surface area contributed by atoms with Crippen molar-refractivity contribution in [3.63, 3.8) is 0 Å². The van der Waals surface area contributed by atoms with E-state index in [9.17, 15) is 14.0 Å². The summed E-state index contributed by atoms with van der Waals surface area (Å²) in [5, 5.41) is -0.890. The van der Waals surface area contributed by atoms with Crippen LogP contribution in [0.25, 0.3) is 0 Å². The van der Waals surface area contributed by atoms with Crippen molar-refractivity contribution in [1.82, 2.24) is 0 Å². The van der Waals surface area contributed by atoms with E-state index in [-0.39, 0.29) is 23.6 Å². The third-order valence-corrected chi connectivity index (χ3v) is 6.24. The van der Waals surface area contributed by atoms with E-state index >= 15 is 0 Å². The van der Waals surface area contributed by atoms with Gasteiger partial charge in [0, 0.05) is 0 Å². The van der Waals surface area contributed by atoms with Gasteiger partial charge in [-0.3, -0.25) is 9.59 Å². The summed E-state index contributed by atoms with van der Waals surface area (Å²) < 4.78 is 29.7. The van der Waals surface area contributed by atoms with Gasteiger partial charge in [0.15, 0.2) is 11.5 Å². The lowest BCUT2D eigenvalue weighted by atomic mass is 10.1. The van der Waals surface area contributed by atoms with Crippen LogP contribution in [-0.2, 0) is 17.8 Å². The van der Waals surface area contributed by atoms with E-state index in [0.29, 0.717) is 29.4 Å². The molecule has 1 fully saturated rings. The van der Waals surface area contributed by atoms with Crippen molar-refractivity contribution in [3.8, 4) is 17.2 Å². The molecule has 1 aliphatic heterocycles. The Hall–Kier alpha value is -3.52. The average molecular weight is 468 g/mol. The number of para-hydroxylation sites is 2. The van der Waals surface area contributed by atoms with Crippen molar-refractivity contribution < 1.29 is 28.2 Å². The van der Waals surface area contributed by atoms with Gasteiger partial charge in [0.1, 0.15) is 18.2 Å². The first kappa shape index (κ1) is 22.7. The van der Waals surface area contributed by atoms with Crippen LogP contribution in [-0.4, -0.2) is 30.6 Å². The van der Waals surface area contributed by atoms with E-state index in [1.54, 1.807) is 48.5 Å². The van der Waals surface area contributed by atoms with Crippen molar-refractivity contribution in [2.75, 3.05) is 19.1 Å². The number of amides is 2. The second-order valence-electron chi connectivity index (χ2n) is 7.32. The minimum absolute atomic E-state index is 0.259. The summed E-state index contributed by atoms with van der Waals surface area (Å²) in [5.41, 5.74) is 2.10. The van der Waals surface area contributed by atoms with Crippen LogP contribution < -0.4 is 19.1 Å². The van der Waals surface area contributed by atoms with Crippen LogP contribution in [0.3, 0.4) is 0 Å². The van der Waals surface area contributed by atoms with E-state index in [1.807, 2.05) is 6.07 Å². The molecule has 0 radical (unpaired) electrons. The van der Waals surface area contributed by atoms with Gasteiger partial charge in [0.05, 0.1) is 25.2 Å². The highest BCUT2D eigenvalue weighted by atomic mass is 32.2. The third kappa shape index (κ3) is 4.96. The molecule has 4 rings (SSSR count). The molecule has 0 unspecified atom stereocenters. The first-order chi connectivity index (χ1) is 16.0. The number of methoxy groups -OCH3 is 2. The smallest absolute Gasteiger partial charge is 0.293 e. The van der Waals surface area contributed by atoms with E-state index < -0.39 is 5.25 Å². The van der Waals surface area contributed by atoms with Crippen molar-refractivity contribution in [2.45, 2.75) is 18.3 Å². The number of nitrogens with zero attached hydrogens (tertiary/aromatic N) is 1. The molecule has 33 heavy (non-hydrogen) atoms. The standard InChI is InChI=1S/C25H22FNO5S/c1-30-20-6-4-3-5-19(20)27-24(28)23(33-25(27)29)14-17-9-12-21(22(13-17)31-2)32-15-16-7-10-18(26)11-8-16/h3-13,23H,14-15H2,1-2H3/t23-/m0/s1. The second kappa shape index (κ2) is 9.95. The molecule has 1 heterocycles. The lowest BCUT2D eigenvalue weighted by Crippen LogP contribution is -2.32. The molecule has 2 amide bonds. The van der Waals surface area contributed by atoms with Crippen LogP contribution in [0.5, 0.6) is 17.2 Å². The van der Waals surface area contributed by atoms with Gasteiger partial charge < -0.3 is 14.2 Å². The van der Waals surface area contributed by atoms with Crippen LogP contribution >= 0.6 is 11.8 Å². The Balaban J connectivity index is 1.47. The summed E-state index contributed by atoms with van der Waals surface area (Å²) in [6.07, 6.45) is 0.357. The SMILES string of the molecule is COc1cc(C[C@@H]2SC(=O)N(c3ccccc3OC)C2=O)ccc1OCc1ccc(F)cc1. The number of hydrogen-bond acceptors (Lipinski definition) is 6. The lowest BCUT2D eigenvalue weighted by Gasteiger charge is -2.17. The highest BCUT2D eigenvalue weighted by Gasteiger charge is 2.41. The average Bonchev–Trinajstić information content (AvgIpc) is 3.11. The summed E-state index contributed by atoms with van der Waals surface area (Å²) in [6, 6.07) is 18.4. The summed E-state index contributed by atoms with van der Waals surface area (Å²) in [4.78, 5) is 26.8. The molecule has 0 aromatic heterocycles. The fourth-order valence-electron chi connectivity index (χ4n) is 3.53. The van der Waals surface area contributed by atoms with Gasteiger partial charge in [-0.2, -0.15) is 0 Å². The number of benzene rings is 3. The van der Waals surface area contributed by atoms with Gasteiger partial charge in [-0.05, 0) is 53.9 Å². The predicted octanol–water partition coefficient (Wildman–Crippen LogP) is 5.23. The van der Waals surface area contributed by atoms with Crippen LogP contribution in [0.2, 0.25) is 0 Å². The fourth-order valence-corrected chi connectivity index (χ4v) is 4.55. The van der Waals surface area contributed by atoms with Crippen LogP contribution in [0, 0.1) is 5.82 Å². The maximum absolute atomic E-state index is 13.1. The maximum atomic E-state index is 13.1. The van der Waals surface area contributed by atoms with Gasteiger partial charge in [-0.25, -0.2) is 9.29 Å². The minimum atomic E-state index is -0.557. The van der Waals surface area contributed by atoms with E-state index in [4.69, 9.17) is 14.2 Å². The third-order valence-electron chi connectivity index (χ3n) is 5.20. The first-order valence-corrected chi connectivity index (χ1v) is 11.1. The molecule has 170 valence electrons. The molecule has 8 heteroatoms. The van der Waals surface area contributed by atoms with Crippen LogP contribution in [0.15, 0.2) is 66.7 Å². The zero-order valence-electron chi connectivity index (χ0n) is 18.1. The molecule has 3 aromatic rings. The van der Waals surface area contributed by atoms with Crippen LogP contribution in [0.1, 0.15) is 11.1 Å². The molecular formula is C25H22FNO5S. The lowest BCUT2D eigenvalue weighted by molar-refractivity contribution is -0.117. The van der Waals surface area contributed by atoms with Crippen molar-refractivity contribution in [1.29, 1.82) is 0 Å². The molecule has 0 aliphatic carbocycles. The Labute approximate surface area is 195 Å². The Morgan fingerprint density at radius 1 is 0.879 bits per heavy atom. The van der Waals surface area contributed by atoms with Crippen molar-refractivity contribution >= 4 is 28.6 Å². The number of imide groups is 1. The quantitative estimate of drug-likeness (QED) is 0.452. The van der Waals surface area contributed by atoms with Gasteiger partial charge in [-0.15, -0.1) is 0 Å². The number of thioether (sulfide) groups is 1. The van der Waals surface area contributed by atoms with E-state index in [1.165, 1.54) is 31.3 Å². The minimum Gasteiger partial charge on any atom is -0.495 e. The number of rotatable bonds is 8. The molecule has 0 N–H and O–H groups in total. The van der Waals surface area contributed by atoms with Gasteiger partial charge in [0.2, 0.25) is 5.91 Å². The fraction of sp³-hybridized carbons (Fsp3) is 0.200. The zero-order chi connectivity index (χ0) is 23.4. The first-order valence-electron chi connectivity index (χ1n) is 10.2. The summed E-state index contributed by atoms with van der Waals surface area (Å²) >= 11 is 0.996. The monoisotopic (exact) mass is 467 g/mol. The second-order valence-corrected chi connectivity index (χ2v) is 8.48.